The first-order valence-corrected chi connectivity index (χ1v) is 9.63. The Balaban J connectivity index is 1.39. The lowest BCUT2D eigenvalue weighted by Crippen LogP contribution is -3.11. The molecule has 0 radical (unpaired) electrons. The van der Waals surface area contributed by atoms with E-state index in [-0.39, 0.29) is 12.5 Å². The molecule has 0 unspecified atom stereocenters. The third-order valence-corrected chi connectivity index (χ3v) is 4.96. The van der Waals surface area contributed by atoms with Gasteiger partial charge in [0.25, 0.3) is 5.91 Å². The third-order valence-electron chi connectivity index (χ3n) is 4.71. The number of nitrogens with one attached hydrogen (secondary N) is 2. The van der Waals surface area contributed by atoms with E-state index < -0.39 is 0 Å². The predicted molar refractivity (Wildman–Crippen MR) is 103 cm³/mol. The van der Waals surface area contributed by atoms with Crippen molar-refractivity contribution in [2.24, 2.45) is 0 Å². The van der Waals surface area contributed by atoms with Gasteiger partial charge in [-0.2, -0.15) is 0 Å². The molecule has 4 nitrogen and oxygen atoms in total. The van der Waals surface area contributed by atoms with Crippen LogP contribution in [-0.2, 0) is 17.9 Å². The van der Waals surface area contributed by atoms with Gasteiger partial charge in [-0.25, -0.2) is 0 Å². The maximum absolute atomic E-state index is 11.9. The topological polar surface area (TPSA) is 42.8 Å². The highest BCUT2D eigenvalue weighted by molar-refractivity contribution is 6.30. The third kappa shape index (κ3) is 6.04. The van der Waals surface area contributed by atoms with Gasteiger partial charge in [0.2, 0.25) is 0 Å². The van der Waals surface area contributed by atoms with E-state index in [1.54, 1.807) is 29.2 Å². The van der Waals surface area contributed by atoms with Crippen LogP contribution in [0.5, 0.6) is 5.75 Å². The summed E-state index contributed by atoms with van der Waals surface area (Å²) >= 11 is 5.82. The van der Waals surface area contributed by atoms with Crippen LogP contribution in [0.1, 0.15) is 30.4 Å². The Morgan fingerprint density at radius 3 is 2.31 bits per heavy atom. The Bertz CT molecular complexity index is 695. The highest BCUT2D eigenvalue weighted by atomic mass is 35.5. The van der Waals surface area contributed by atoms with Crippen LogP contribution in [0.15, 0.2) is 48.5 Å². The van der Waals surface area contributed by atoms with E-state index in [1.165, 1.54) is 37.9 Å². The van der Waals surface area contributed by atoms with E-state index >= 15 is 0 Å². The Labute approximate surface area is 160 Å². The molecule has 0 saturated carbocycles. The van der Waals surface area contributed by atoms with Crippen molar-refractivity contribution < 1.29 is 14.4 Å². The standard InChI is InChI=1S/C21H25ClN2O2/c22-19-8-10-20(11-9-19)26-16-21(25)23-14-17-4-6-18(7-5-17)15-24-12-2-1-3-13-24/h4-11H,1-3,12-16H2,(H,23,25)/p+1. The average molecular weight is 374 g/mol. The Kier molecular flexibility index (Phi) is 6.92. The number of carbonyl (C=O) groups excluding carboxylic acids is 1. The SMILES string of the molecule is O=C(COc1ccc(Cl)cc1)NCc1ccc(C[NH+]2CCCCC2)cc1. The van der Waals surface area contributed by atoms with Crippen molar-refractivity contribution in [3.63, 3.8) is 0 Å². The van der Waals surface area contributed by atoms with E-state index in [0.29, 0.717) is 17.3 Å². The van der Waals surface area contributed by atoms with Gasteiger partial charge in [-0.05, 0) is 49.1 Å². The van der Waals surface area contributed by atoms with Crippen molar-refractivity contribution in [2.45, 2.75) is 32.4 Å². The van der Waals surface area contributed by atoms with Crippen LogP contribution in [0.2, 0.25) is 5.02 Å². The molecule has 1 amide bonds. The second kappa shape index (κ2) is 9.60. The minimum Gasteiger partial charge on any atom is -0.484 e. The van der Waals surface area contributed by atoms with Crippen LogP contribution in [0.25, 0.3) is 0 Å². The zero-order chi connectivity index (χ0) is 18.2. The number of piperidine rings is 1. The largest absolute Gasteiger partial charge is 0.484 e. The number of likely N-dealkylation sites (tertiary alicyclic amines) is 1. The number of benzene rings is 2. The van der Waals surface area contributed by atoms with Crippen LogP contribution in [-0.4, -0.2) is 25.6 Å². The van der Waals surface area contributed by atoms with E-state index in [0.717, 1.165) is 12.1 Å². The summed E-state index contributed by atoms with van der Waals surface area (Å²) in [6, 6.07) is 15.5. The van der Waals surface area contributed by atoms with Crippen LogP contribution in [0.3, 0.4) is 0 Å². The summed E-state index contributed by atoms with van der Waals surface area (Å²) in [5, 5.41) is 3.53. The number of ether oxygens (including phenoxy) is 1. The van der Waals surface area contributed by atoms with Crippen molar-refractivity contribution in [3.05, 3.63) is 64.7 Å². The summed E-state index contributed by atoms with van der Waals surface area (Å²) in [5.41, 5.74) is 2.46. The molecule has 1 fully saturated rings. The highest BCUT2D eigenvalue weighted by Crippen LogP contribution is 2.15. The Hall–Kier alpha value is -2.04. The minimum atomic E-state index is -0.137. The molecule has 1 aliphatic heterocycles. The van der Waals surface area contributed by atoms with Gasteiger partial charge in [0.1, 0.15) is 12.3 Å². The van der Waals surface area contributed by atoms with E-state index in [9.17, 15) is 4.79 Å². The molecular formula is C21H26ClN2O2+. The van der Waals surface area contributed by atoms with Gasteiger partial charge in [0, 0.05) is 17.1 Å². The van der Waals surface area contributed by atoms with E-state index in [2.05, 4.69) is 29.6 Å². The van der Waals surface area contributed by atoms with Gasteiger partial charge in [-0.1, -0.05) is 35.9 Å². The number of hydrogen-bond acceptors (Lipinski definition) is 2. The van der Waals surface area contributed by atoms with Crippen molar-refractivity contribution >= 4 is 17.5 Å². The molecule has 1 heterocycles. The van der Waals surface area contributed by atoms with Gasteiger partial charge in [-0.15, -0.1) is 0 Å². The summed E-state index contributed by atoms with van der Waals surface area (Å²) < 4.78 is 5.44. The van der Waals surface area contributed by atoms with Crippen molar-refractivity contribution in [1.82, 2.24) is 5.32 Å². The normalized spacial score (nSPS) is 14.8. The molecule has 26 heavy (non-hydrogen) atoms. The number of hydrogen-bond donors (Lipinski definition) is 2. The predicted octanol–water partition coefficient (Wildman–Crippen LogP) is 2.60. The van der Waals surface area contributed by atoms with Crippen LogP contribution >= 0.6 is 11.6 Å². The highest BCUT2D eigenvalue weighted by Gasteiger charge is 2.13. The van der Waals surface area contributed by atoms with Gasteiger partial charge in [0.05, 0.1) is 13.1 Å². The first kappa shape index (κ1) is 18.7. The molecule has 0 aliphatic carbocycles. The summed E-state index contributed by atoms with van der Waals surface area (Å²) in [6.07, 6.45) is 4.07. The molecule has 1 aliphatic rings. The summed E-state index contributed by atoms with van der Waals surface area (Å²) in [5.74, 6) is 0.496. The van der Waals surface area contributed by atoms with Crippen molar-refractivity contribution in [1.29, 1.82) is 0 Å². The summed E-state index contributed by atoms with van der Waals surface area (Å²) in [4.78, 5) is 13.6. The zero-order valence-electron chi connectivity index (χ0n) is 15.0. The zero-order valence-corrected chi connectivity index (χ0v) is 15.7. The first-order chi connectivity index (χ1) is 12.7. The second-order valence-corrected chi connectivity index (χ2v) is 7.26. The Morgan fingerprint density at radius 2 is 1.62 bits per heavy atom. The van der Waals surface area contributed by atoms with Gasteiger partial charge >= 0.3 is 0 Å². The second-order valence-electron chi connectivity index (χ2n) is 6.82. The van der Waals surface area contributed by atoms with E-state index in [4.69, 9.17) is 16.3 Å². The van der Waals surface area contributed by atoms with Crippen LogP contribution in [0, 0.1) is 0 Å². The molecule has 5 heteroatoms. The average Bonchev–Trinajstić information content (AvgIpc) is 2.68. The number of carbonyl (C=O) groups is 1. The molecule has 0 bridgehead atoms. The van der Waals surface area contributed by atoms with Gasteiger partial charge in [0.15, 0.2) is 6.61 Å². The molecule has 2 N–H and O–H groups in total. The molecule has 1 saturated heterocycles. The maximum atomic E-state index is 11.9. The molecule has 138 valence electrons. The van der Waals surface area contributed by atoms with Crippen molar-refractivity contribution in [2.75, 3.05) is 19.7 Å². The quantitative estimate of drug-likeness (QED) is 0.783. The maximum Gasteiger partial charge on any atom is 0.258 e. The molecule has 3 rings (SSSR count). The number of halogens is 1. The molecule has 0 spiro atoms. The van der Waals surface area contributed by atoms with Crippen molar-refractivity contribution in [3.8, 4) is 5.75 Å². The molecule has 0 atom stereocenters. The molecule has 2 aromatic carbocycles. The summed E-state index contributed by atoms with van der Waals surface area (Å²) in [7, 11) is 0. The first-order valence-electron chi connectivity index (χ1n) is 9.25. The summed E-state index contributed by atoms with van der Waals surface area (Å²) in [6.45, 7) is 4.18. The molecule has 2 aromatic rings. The van der Waals surface area contributed by atoms with Gasteiger partial charge < -0.3 is 15.0 Å². The lowest BCUT2D eigenvalue weighted by atomic mass is 10.1. The number of amides is 1. The monoisotopic (exact) mass is 373 g/mol. The van der Waals surface area contributed by atoms with Crippen LogP contribution in [0.4, 0.5) is 0 Å². The molecular weight excluding hydrogens is 348 g/mol. The smallest absolute Gasteiger partial charge is 0.258 e. The fraction of sp³-hybridized carbons (Fsp3) is 0.381. The lowest BCUT2D eigenvalue weighted by Gasteiger charge is -2.23. The fourth-order valence-electron chi connectivity index (χ4n) is 3.22. The fourth-order valence-corrected chi connectivity index (χ4v) is 3.35. The Morgan fingerprint density at radius 1 is 0.962 bits per heavy atom. The molecule has 0 aromatic heterocycles. The van der Waals surface area contributed by atoms with Crippen LogP contribution < -0.4 is 15.0 Å². The van der Waals surface area contributed by atoms with E-state index in [1.807, 2.05) is 0 Å². The van der Waals surface area contributed by atoms with Gasteiger partial charge in [-0.3, -0.25) is 4.79 Å². The number of rotatable bonds is 7. The minimum absolute atomic E-state index is 0.00195. The number of quaternary nitrogens is 1. The lowest BCUT2D eigenvalue weighted by molar-refractivity contribution is -0.918.